The summed E-state index contributed by atoms with van der Waals surface area (Å²) in [4.78, 5) is 42.3. The summed E-state index contributed by atoms with van der Waals surface area (Å²) >= 11 is 6.32. The summed E-state index contributed by atoms with van der Waals surface area (Å²) < 4.78 is 5.36. The Morgan fingerprint density at radius 2 is 1.50 bits per heavy atom. The molecule has 0 aromatic heterocycles. The molecule has 0 saturated carbocycles. The highest BCUT2D eigenvalue weighted by Gasteiger charge is 2.57. The molecule has 160 valence electrons. The van der Waals surface area contributed by atoms with E-state index in [9.17, 15) is 14.4 Å². The number of aryl methyl sites for hydroxylation is 1. The smallest absolute Gasteiger partial charge is 0.262 e. The fraction of sp³-hybridized carbons (Fsp3) is 0.160. The summed E-state index contributed by atoms with van der Waals surface area (Å²) in [5.74, 6) is -0.644. The zero-order chi connectivity index (χ0) is 22.6. The standard InChI is InChI=1S/C25H19ClN2O4/c1-14-10-11-16(13-20(14)26)27-21(15-6-5-7-17(12-15)32-2)22(25(27)31)28-23(29)18-8-3-4-9-19(18)24(28)30/h3-13,21-22H,1-2H3/t21-,22+/m0/s1. The monoisotopic (exact) mass is 446 g/mol. The Morgan fingerprint density at radius 3 is 2.12 bits per heavy atom. The highest BCUT2D eigenvalue weighted by molar-refractivity contribution is 6.32. The van der Waals surface area contributed by atoms with Crippen LogP contribution in [0.3, 0.4) is 0 Å². The maximum absolute atomic E-state index is 13.4. The molecule has 2 heterocycles. The van der Waals surface area contributed by atoms with Gasteiger partial charge < -0.3 is 9.64 Å². The average Bonchev–Trinajstić information content (AvgIpc) is 3.05. The van der Waals surface area contributed by atoms with Crippen molar-refractivity contribution in [2.75, 3.05) is 12.0 Å². The molecule has 0 N–H and O–H groups in total. The molecule has 0 spiro atoms. The zero-order valence-electron chi connectivity index (χ0n) is 17.4. The van der Waals surface area contributed by atoms with Crippen LogP contribution in [0.1, 0.15) is 37.9 Å². The fourth-order valence-electron chi connectivity index (χ4n) is 4.36. The van der Waals surface area contributed by atoms with Gasteiger partial charge in [-0.15, -0.1) is 0 Å². The third kappa shape index (κ3) is 2.91. The van der Waals surface area contributed by atoms with Crippen LogP contribution in [0.2, 0.25) is 5.02 Å². The molecular weight excluding hydrogens is 428 g/mol. The fourth-order valence-corrected chi connectivity index (χ4v) is 4.54. The number of carbonyl (C=O) groups is 3. The number of nitrogens with zero attached hydrogens (tertiary/aromatic N) is 2. The van der Waals surface area contributed by atoms with Crippen molar-refractivity contribution in [1.29, 1.82) is 0 Å². The molecule has 3 aromatic carbocycles. The van der Waals surface area contributed by atoms with Crippen LogP contribution in [0.15, 0.2) is 66.7 Å². The Kier molecular flexibility index (Phi) is 4.75. The van der Waals surface area contributed by atoms with Gasteiger partial charge in [0, 0.05) is 10.7 Å². The Balaban J connectivity index is 1.61. The minimum atomic E-state index is -0.963. The van der Waals surface area contributed by atoms with Gasteiger partial charge in [-0.1, -0.05) is 41.9 Å². The van der Waals surface area contributed by atoms with Crippen molar-refractivity contribution in [2.45, 2.75) is 19.0 Å². The first kappa shape index (κ1) is 20.3. The molecule has 0 aliphatic carbocycles. The first-order chi connectivity index (χ1) is 15.4. The number of hydrogen-bond donors (Lipinski definition) is 0. The van der Waals surface area contributed by atoms with E-state index >= 15 is 0 Å². The summed E-state index contributed by atoms with van der Waals surface area (Å²) in [6.07, 6.45) is 0. The third-order valence-electron chi connectivity index (χ3n) is 6.04. The highest BCUT2D eigenvalue weighted by Crippen LogP contribution is 2.45. The van der Waals surface area contributed by atoms with Gasteiger partial charge in [0.2, 0.25) is 0 Å². The Labute approximate surface area is 190 Å². The van der Waals surface area contributed by atoms with Gasteiger partial charge in [-0.2, -0.15) is 0 Å². The van der Waals surface area contributed by atoms with Gasteiger partial charge in [0.25, 0.3) is 17.7 Å². The number of methoxy groups -OCH3 is 1. The number of rotatable bonds is 4. The topological polar surface area (TPSA) is 66.9 Å². The number of amides is 3. The van der Waals surface area contributed by atoms with E-state index < -0.39 is 23.9 Å². The predicted molar refractivity (Wildman–Crippen MR) is 120 cm³/mol. The van der Waals surface area contributed by atoms with Gasteiger partial charge in [0.15, 0.2) is 0 Å². The van der Waals surface area contributed by atoms with Crippen molar-refractivity contribution in [1.82, 2.24) is 4.90 Å². The van der Waals surface area contributed by atoms with Gasteiger partial charge in [0.05, 0.1) is 24.3 Å². The molecule has 1 saturated heterocycles. The van der Waals surface area contributed by atoms with Crippen molar-refractivity contribution in [3.05, 3.63) is 94.0 Å². The lowest BCUT2D eigenvalue weighted by Crippen LogP contribution is -2.67. The highest BCUT2D eigenvalue weighted by atomic mass is 35.5. The van der Waals surface area contributed by atoms with Crippen molar-refractivity contribution >= 4 is 35.0 Å². The number of halogens is 1. The van der Waals surface area contributed by atoms with E-state index in [0.29, 0.717) is 27.6 Å². The second-order valence-electron chi connectivity index (χ2n) is 7.83. The second-order valence-corrected chi connectivity index (χ2v) is 8.24. The van der Waals surface area contributed by atoms with Crippen LogP contribution in [0.4, 0.5) is 5.69 Å². The van der Waals surface area contributed by atoms with Crippen LogP contribution in [-0.4, -0.2) is 35.8 Å². The molecule has 3 aromatic rings. The molecular formula is C25H19ClN2O4. The second kappa shape index (κ2) is 7.50. The predicted octanol–water partition coefficient (Wildman–Crippen LogP) is 4.41. The lowest BCUT2D eigenvalue weighted by Gasteiger charge is -2.49. The zero-order valence-corrected chi connectivity index (χ0v) is 18.2. The molecule has 2 aliphatic rings. The summed E-state index contributed by atoms with van der Waals surface area (Å²) in [7, 11) is 1.56. The summed E-state index contributed by atoms with van der Waals surface area (Å²) in [6, 6.07) is 17.7. The number of β-lactam (4-membered cyclic amide) rings is 1. The van der Waals surface area contributed by atoms with Gasteiger partial charge in [-0.3, -0.25) is 19.3 Å². The lowest BCUT2D eigenvalue weighted by atomic mass is 9.86. The normalized spacial score (nSPS) is 19.8. The van der Waals surface area contributed by atoms with E-state index in [4.69, 9.17) is 16.3 Å². The molecule has 0 radical (unpaired) electrons. The largest absolute Gasteiger partial charge is 0.497 e. The van der Waals surface area contributed by atoms with Crippen LogP contribution in [-0.2, 0) is 4.79 Å². The molecule has 1 fully saturated rings. The molecule has 0 unspecified atom stereocenters. The Bertz CT molecular complexity index is 1250. The van der Waals surface area contributed by atoms with Crippen molar-refractivity contribution in [2.24, 2.45) is 0 Å². The minimum absolute atomic E-state index is 0.312. The summed E-state index contributed by atoms with van der Waals surface area (Å²) in [5, 5.41) is 0.531. The number of fused-ring (bicyclic) bond motifs is 1. The molecule has 5 rings (SSSR count). The van der Waals surface area contributed by atoms with E-state index in [1.165, 1.54) is 0 Å². The number of carbonyl (C=O) groups excluding carboxylic acids is 3. The van der Waals surface area contributed by atoms with E-state index in [0.717, 1.165) is 16.0 Å². The quantitative estimate of drug-likeness (QED) is 0.440. The molecule has 6 nitrogen and oxygen atoms in total. The van der Waals surface area contributed by atoms with Crippen LogP contribution >= 0.6 is 11.6 Å². The van der Waals surface area contributed by atoms with Gasteiger partial charge in [-0.25, -0.2) is 0 Å². The SMILES string of the molecule is COc1cccc([C@H]2[C@@H](N3C(=O)c4ccccc4C3=O)C(=O)N2c2ccc(C)c(Cl)c2)c1. The number of benzene rings is 3. The molecule has 2 aliphatic heterocycles. The molecule has 3 amide bonds. The Hall–Kier alpha value is -3.64. The first-order valence-corrected chi connectivity index (χ1v) is 10.5. The molecule has 32 heavy (non-hydrogen) atoms. The van der Waals surface area contributed by atoms with Crippen molar-refractivity contribution in [3.8, 4) is 5.75 Å². The van der Waals surface area contributed by atoms with Crippen LogP contribution in [0.5, 0.6) is 5.75 Å². The van der Waals surface area contributed by atoms with Crippen LogP contribution < -0.4 is 9.64 Å². The first-order valence-electron chi connectivity index (χ1n) is 10.1. The van der Waals surface area contributed by atoms with Crippen LogP contribution in [0.25, 0.3) is 0 Å². The minimum Gasteiger partial charge on any atom is -0.497 e. The maximum atomic E-state index is 13.4. The Morgan fingerprint density at radius 1 is 0.812 bits per heavy atom. The molecule has 2 atom stereocenters. The molecule has 0 bridgehead atoms. The van der Waals surface area contributed by atoms with Crippen molar-refractivity contribution in [3.63, 3.8) is 0 Å². The van der Waals surface area contributed by atoms with Gasteiger partial charge in [-0.05, 0) is 54.4 Å². The summed E-state index contributed by atoms with van der Waals surface area (Å²) in [6.45, 7) is 1.88. The van der Waals surface area contributed by atoms with E-state index in [1.807, 2.05) is 37.3 Å². The van der Waals surface area contributed by atoms with Gasteiger partial charge >= 0.3 is 0 Å². The number of anilines is 1. The number of hydrogen-bond acceptors (Lipinski definition) is 4. The van der Waals surface area contributed by atoms with Gasteiger partial charge in [0.1, 0.15) is 11.8 Å². The van der Waals surface area contributed by atoms with Crippen molar-refractivity contribution < 1.29 is 19.1 Å². The van der Waals surface area contributed by atoms with E-state index in [1.54, 1.807) is 48.4 Å². The van der Waals surface area contributed by atoms with E-state index in [2.05, 4.69) is 0 Å². The third-order valence-corrected chi connectivity index (χ3v) is 6.45. The number of imide groups is 1. The average molecular weight is 447 g/mol. The summed E-state index contributed by atoms with van der Waals surface area (Å²) in [5.41, 5.74) is 2.87. The van der Waals surface area contributed by atoms with E-state index in [-0.39, 0.29) is 5.91 Å². The lowest BCUT2D eigenvalue weighted by molar-refractivity contribution is -0.130. The maximum Gasteiger partial charge on any atom is 0.262 e. The number of ether oxygens (including phenoxy) is 1. The molecule has 7 heteroatoms. The van der Waals surface area contributed by atoms with Crippen LogP contribution in [0, 0.1) is 6.92 Å².